The molecule has 14 nitrogen and oxygen atoms in total. The van der Waals surface area contributed by atoms with Gasteiger partial charge >= 0.3 is 17.9 Å². The first-order chi connectivity index (χ1) is 22.6. The highest BCUT2D eigenvalue weighted by Gasteiger charge is 2.29. The highest BCUT2D eigenvalue weighted by Crippen LogP contribution is 2.20. The number of hydrogen-bond acceptors (Lipinski definition) is 8. The zero-order valence-corrected chi connectivity index (χ0v) is 27.6. The van der Waals surface area contributed by atoms with Gasteiger partial charge in [0.15, 0.2) is 0 Å². The number of carboxylic acids is 3. The van der Waals surface area contributed by atoms with Crippen LogP contribution in [0.3, 0.4) is 0 Å². The van der Waals surface area contributed by atoms with Crippen LogP contribution in [0.1, 0.15) is 70.9 Å². The Bertz CT molecular complexity index is 1390. The van der Waals surface area contributed by atoms with Crippen LogP contribution in [0.15, 0.2) is 48.5 Å². The average molecular weight is 672 g/mol. The Morgan fingerprint density at radius 2 is 1.23 bits per heavy atom. The summed E-state index contributed by atoms with van der Waals surface area (Å²) in [5.41, 5.74) is 0.781. The summed E-state index contributed by atoms with van der Waals surface area (Å²) in [7, 11) is 0. The van der Waals surface area contributed by atoms with E-state index in [4.69, 9.17) is 24.8 Å². The number of nitrogens with one attached hydrogen (secondary N) is 3. The Hall–Kier alpha value is -5.14. The Morgan fingerprint density at radius 3 is 1.71 bits per heavy atom. The number of amides is 3. The first-order valence-corrected chi connectivity index (χ1v) is 15.7. The monoisotopic (exact) mass is 671 g/mol. The van der Waals surface area contributed by atoms with Crippen molar-refractivity contribution in [1.29, 1.82) is 0 Å². The van der Waals surface area contributed by atoms with E-state index < -0.39 is 65.8 Å². The Kier molecular flexibility index (Phi) is 15.3. The number of carboxylic acid groups (broad SMARTS) is 3. The molecule has 0 bridgehead atoms. The second-order valence-corrected chi connectivity index (χ2v) is 12.2. The van der Waals surface area contributed by atoms with Gasteiger partial charge in [0.2, 0.25) is 17.7 Å². The van der Waals surface area contributed by atoms with Crippen LogP contribution < -0.4 is 25.4 Å². The fraction of sp³-hybridized carbons (Fsp3) is 0.471. The largest absolute Gasteiger partial charge is 0.488 e. The van der Waals surface area contributed by atoms with E-state index in [0.29, 0.717) is 23.4 Å². The standard InChI is InChI=1S/C34H45N3O11/c1-5-6-7-18-35-30(41)25(19-21-8-12-23(13-9-21)47-29(32(43)44)33(45)46)37-31(42)26(36-27(38)16-17-28(39)40)20-22-10-14-24(15-11-22)48-34(2,3)4/h8-15,25-26,29H,5-7,16-20H2,1-4H3,(H,35,41)(H,36,38)(H,37,42)(H,39,40)(H,43,44)(H,45,46)/t25-,26-/m0/s1. The molecule has 0 aliphatic carbocycles. The van der Waals surface area contributed by atoms with Gasteiger partial charge in [0.1, 0.15) is 29.2 Å². The van der Waals surface area contributed by atoms with Crippen molar-refractivity contribution in [3.8, 4) is 11.5 Å². The molecule has 0 aliphatic heterocycles. The fourth-order valence-electron chi connectivity index (χ4n) is 4.45. The molecule has 0 saturated heterocycles. The van der Waals surface area contributed by atoms with E-state index in [2.05, 4.69) is 16.0 Å². The molecular formula is C34H45N3O11. The summed E-state index contributed by atoms with van der Waals surface area (Å²) >= 11 is 0. The summed E-state index contributed by atoms with van der Waals surface area (Å²) in [5, 5.41) is 35.3. The molecule has 2 atom stereocenters. The molecule has 0 spiro atoms. The molecule has 0 radical (unpaired) electrons. The Labute approximate surface area is 279 Å². The minimum Gasteiger partial charge on any atom is -0.488 e. The molecule has 0 fully saturated rings. The van der Waals surface area contributed by atoms with Crippen molar-refractivity contribution < 1.29 is 53.6 Å². The summed E-state index contributed by atoms with van der Waals surface area (Å²) in [4.78, 5) is 73.0. The third kappa shape index (κ3) is 14.5. The number of aliphatic carboxylic acids is 3. The van der Waals surface area contributed by atoms with Gasteiger partial charge in [-0.1, -0.05) is 44.0 Å². The molecule has 262 valence electrons. The smallest absolute Gasteiger partial charge is 0.356 e. The quantitative estimate of drug-likeness (QED) is 0.0888. The molecule has 3 amide bonds. The average Bonchev–Trinajstić information content (AvgIpc) is 3.00. The molecule has 0 saturated carbocycles. The highest BCUT2D eigenvalue weighted by molar-refractivity contribution is 5.96. The summed E-state index contributed by atoms with van der Waals surface area (Å²) in [6.45, 7) is 8.10. The van der Waals surface area contributed by atoms with Crippen LogP contribution in [0, 0.1) is 0 Å². The van der Waals surface area contributed by atoms with Crippen LogP contribution in [-0.2, 0) is 41.6 Å². The Balaban J connectivity index is 2.30. The lowest BCUT2D eigenvalue weighted by atomic mass is 10.0. The van der Waals surface area contributed by atoms with Crippen LogP contribution in [0.5, 0.6) is 11.5 Å². The molecule has 0 heterocycles. The van der Waals surface area contributed by atoms with Crippen molar-refractivity contribution in [3.63, 3.8) is 0 Å². The molecule has 48 heavy (non-hydrogen) atoms. The molecule has 14 heteroatoms. The van der Waals surface area contributed by atoms with E-state index in [1.165, 1.54) is 24.3 Å². The van der Waals surface area contributed by atoms with Crippen molar-refractivity contribution in [2.24, 2.45) is 0 Å². The summed E-state index contributed by atoms with van der Waals surface area (Å²) in [6, 6.07) is 10.4. The number of benzene rings is 2. The SMILES string of the molecule is CCCCCNC(=O)[C@H](Cc1ccc(OC(C(=O)O)C(=O)O)cc1)NC(=O)[C@H](Cc1ccc(OC(C)(C)C)cc1)NC(=O)CCC(=O)O. The van der Waals surface area contributed by atoms with Crippen LogP contribution in [0.4, 0.5) is 0 Å². The number of unbranched alkanes of at least 4 members (excludes halogenated alkanes) is 2. The fourth-order valence-corrected chi connectivity index (χ4v) is 4.45. The van der Waals surface area contributed by atoms with Crippen molar-refractivity contribution in [1.82, 2.24) is 16.0 Å². The van der Waals surface area contributed by atoms with Crippen molar-refractivity contribution >= 4 is 35.6 Å². The molecule has 2 aromatic rings. The molecule has 0 aliphatic rings. The lowest BCUT2D eigenvalue weighted by Gasteiger charge is -2.24. The lowest BCUT2D eigenvalue weighted by Crippen LogP contribution is -2.55. The number of rotatable bonds is 20. The summed E-state index contributed by atoms with van der Waals surface area (Å²) in [5.74, 6) is -5.73. The molecule has 0 unspecified atom stereocenters. The van der Waals surface area contributed by atoms with Gasteiger partial charge in [-0.2, -0.15) is 0 Å². The number of ether oxygens (including phenoxy) is 2. The number of hydrogen-bond donors (Lipinski definition) is 6. The van der Waals surface area contributed by atoms with Gasteiger partial charge < -0.3 is 40.7 Å². The zero-order chi connectivity index (χ0) is 35.9. The maximum Gasteiger partial charge on any atom is 0.356 e. The van der Waals surface area contributed by atoms with E-state index in [0.717, 1.165) is 19.3 Å². The highest BCUT2D eigenvalue weighted by atomic mass is 16.5. The molecular weight excluding hydrogens is 626 g/mol. The van der Waals surface area contributed by atoms with Gasteiger partial charge in [-0.15, -0.1) is 0 Å². The normalized spacial score (nSPS) is 12.4. The maximum atomic E-state index is 13.7. The van der Waals surface area contributed by atoms with Crippen LogP contribution >= 0.6 is 0 Å². The minimum absolute atomic E-state index is 0.00849. The van der Waals surface area contributed by atoms with Crippen molar-refractivity contribution in [3.05, 3.63) is 59.7 Å². The zero-order valence-electron chi connectivity index (χ0n) is 27.6. The number of carbonyl (C=O) groups is 6. The van der Waals surface area contributed by atoms with Crippen molar-refractivity contribution in [2.45, 2.75) is 96.4 Å². The van der Waals surface area contributed by atoms with Crippen LogP contribution in [0.25, 0.3) is 0 Å². The first-order valence-electron chi connectivity index (χ1n) is 15.7. The molecule has 6 N–H and O–H groups in total. The second-order valence-electron chi connectivity index (χ2n) is 12.2. The van der Waals surface area contributed by atoms with E-state index in [9.17, 15) is 28.8 Å². The van der Waals surface area contributed by atoms with Crippen LogP contribution in [-0.4, -0.2) is 81.3 Å². The van der Waals surface area contributed by atoms with E-state index in [1.807, 2.05) is 27.7 Å². The van der Waals surface area contributed by atoms with Crippen LogP contribution in [0.2, 0.25) is 0 Å². The Morgan fingerprint density at radius 1 is 0.708 bits per heavy atom. The van der Waals surface area contributed by atoms with Gasteiger partial charge in [0.25, 0.3) is 6.10 Å². The molecule has 2 rings (SSSR count). The topological polar surface area (TPSA) is 218 Å². The van der Waals surface area contributed by atoms with Crippen molar-refractivity contribution in [2.75, 3.05) is 6.54 Å². The van der Waals surface area contributed by atoms with Gasteiger partial charge in [-0.05, 0) is 62.6 Å². The van der Waals surface area contributed by atoms with E-state index in [-0.39, 0.29) is 25.0 Å². The lowest BCUT2D eigenvalue weighted by molar-refractivity contribution is -0.159. The van der Waals surface area contributed by atoms with Gasteiger partial charge in [0.05, 0.1) is 6.42 Å². The number of carbonyl (C=O) groups excluding carboxylic acids is 3. The van der Waals surface area contributed by atoms with E-state index >= 15 is 0 Å². The third-order valence-electron chi connectivity index (χ3n) is 6.78. The summed E-state index contributed by atoms with van der Waals surface area (Å²) in [6.07, 6.45) is -0.323. The molecule has 2 aromatic carbocycles. The van der Waals surface area contributed by atoms with E-state index in [1.54, 1.807) is 24.3 Å². The summed E-state index contributed by atoms with van der Waals surface area (Å²) < 4.78 is 10.9. The second kappa shape index (κ2) is 18.9. The predicted octanol–water partition coefficient (Wildman–Crippen LogP) is 2.71. The maximum absolute atomic E-state index is 13.7. The van der Waals surface area contributed by atoms with Gasteiger partial charge in [-0.25, -0.2) is 9.59 Å². The minimum atomic E-state index is -2.11. The predicted molar refractivity (Wildman–Crippen MR) is 174 cm³/mol. The van der Waals surface area contributed by atoms with Gasteiger partial charge in [0, 0.05) is 25.8 Å². The first kappa shape index (κ1) is 39.0. The van der Waals surface area contributed by atoms with Gasteiger partial charge in [-0.3, -0.25) is 19.2 Å². The molecule has 0 aromatic heterocycles. The third-order valence-corrected chi connectivity index (χ3v) is 6.78.